The molecule has 120 valence electrons. The van der Waals surface area contributed by atoms with E-state index in [0.29, 0.717) is 6.42 Å². The number of nitrogens with one attached hydrogen (secondary N) is 2. The van der Waals surface area contributed by atoms with Crippen LogP contribution in [0.15, 0.2) is 18.2 Å². The number of hydrogen-bond donors (Lipinski definition) is 3. The molecule has 7 heteroatoms. The highest BCUT2D eigenvalue weighted by Crippen LogP contribution is 2.17. The fourth-order valence-corrected chi connectivity index (χ4v) is 1.91. The lowest BCUT2D eigenvalue weighted by Crippen LogP contribution is -2.48. The minimum absolute atomic E-state index is 0.0979. The van der Waals surface area contributed by atoms with Crippen molar-refractivity contribution in [3.63, 3.8) is 0 Å². The van der Waals surface area contributed by atoms with Crippen LogP contribution >= 0.6 is 0 Å². The van der Waals surface area contributed by atoms with Crippen molar-refractivity contribution in [2.75, 3.05) is 5.32 Å². The molecule has 4 N–H and O–H groups in total. The summed E-state index contributed by atoms with van der Waals surface area (Å²) in [6, 6.07) is 2.74. The van der Waals surface area contributed by atoms with E-state index >= 15 is 0 Å². The number of halogens is 1. The van der Waals surface area contributed by atoms with Gasteiger partial charge in [-0.25, -0.2) is 4.39 Å². The van der Waals surface area contributed by atoms with Crippen LogP contribution in [0.1, 0.15) is 37.6 Å². The second-order valence-corrected chi connectivity index (χ2v) is 5.11. The van der Waals surface area contributed by atoms with Crippen molar-refractivity contribution in [1.29, 1.82) is 0 Å². The summed E-state index contributed by atoms with van der Waals surface area (Å²) in [5.41, 5.74) is 5.32. The molecule has 0 saturated heterocycles. The third-order valence-corrected chi connectivity index (χ3v) is 3.35. The van der Waals surface area contributed by atoms with Gasteiger partial charge in [-0.05, 0) is 24.1 Å². The quantitative estimate of drug-likeness (QED) is 0.740. The number of anilines is 1. The van der Waals surface area contributed by atoms with Crippen LogP contribution in [0.3, 0.4) is 0 Å². The van der Waals surface area contributed by atoms with Crippen LogP contribution in [0.2, 0.25) is 0 Å². The van der Waals surface area contributed by atoms with Gasteiger partial charge in [0.05, 0.1) is 5.69 Å². The van der Waals surface area contributed by atoms with Crippen molar-refractivity contribution in [3.8, 4) is 0 Å². The third kappa shape index (κ3) is 4.54. The molecule has 0 saturated carbocycles. The van der Waals surface area contributed by atoms with Gasteiger partial charge in [0.25, 0.3) is 5.91 Å². The van der Waals surface area contributed by atoms with E-state index in [1.54, 1.807) is 6.92 Å². The SMILES string of the molecule is CCC(C)C(NC(=O)c1ccc(F)c(NC(C)=O)c1)C(N)=O. The molecule has 0 bridgehead atoms. The number of amides is 3. The maximum atomic E-state index is 13.5. The second-order valence-electron chi connectivity index (χ2n) is 5.11. The van der Waals surface area contributed by atoms with Crippen molar-refractivity contribution in [3.05, 3.63) is 29.6 Å². The molecule has 2 unspecified atom stereocenters. The van der Waals surface area contributed by atoms with Gasteiger partial charge in [-0.3, -0.25) is 14.4 Å². The second kappa shape index (κ2) is 7.53. The van der Waals surface area contributed by atoms with E-state index in [0.717, 1.165) is 6.07 Å². The monoisotopic (exact) mass is 309 g/mol. The Bertz CT molecular complexity index is 589. The highest BCUT2D eigenvalue weighted by molar-refractivity contribution is 5.99. The van der Waals surface area contributed by atoms with Crippen LogP contribution < -0.4 is 16.4 Å². The minimum Gasteiger partial charge on any atom is -0.368 e. The van der Waals surface area contributed by atoms with Crippen molar-refractivity contribution in [2.45, 2.75) is 33.2 Å². The topological polar surface area (TPSA) is 101 Å². The van der Waals surface area contributed by atoms with Crippen molar-refractivity contribution >= 4 is 23.4 Å². The fraction of sp³-hybridized carbons (Fsp3) is 0.400. The summed E-state index contributed by atoms with van der Waals surface area (Å²) in [6.07, 6.45) is 0.661. The van der Waals surface area contributed by atoms with E-state index < -0.39 is 29.6 Å². The first-order valence-corrected chi connectivity index (χ1v) is 6.93. The third-order valence-electron chi connectivity index (χ3n) is 3.35. The molecule has 0 spiro atoms. The molecule has 0 fully saturated rings. The number of rotatable bonds is 6. The Labute approximate surface area is 128 Å². The summed E-state index contributed by atoms with van der Waals surface area (Å²) in [6.45, 7) is 4.90. The van der Waals surface area contributed by atoms with Crippen molar-refractivity contribution in [2.24, 2.45) is 11.7 Å². The van der Waals surface area contributed by atoms with Gasteiger partial charge in [-0.15, -0.1) is 0 Å². The number of carbonyl (C=O) groups excluding carboxylic acids is 3. The van der Waals surface area contributed by atoms with Crippen LogP contribution in [0, 0.1) is 11.7 Å². The Hall–Kier alpha value is -2.44. The number of primary amides is 1. The van der Waals surface area contributed by atoms with Gasteiger partial charge in [-0.2, -0.15) is 0 Å². The zero-order valence-corrected chi connectivity index (χ0v) is 12.8. The molecule has 1 aromatic rings. The highest BCUT2D eigenvalue weighted by Gasteiger charge is 2.24. The molecular weight excluding hydrogens is 289 g/mol. The molecule has 0 radical (unpaired) electrons. The summed E-state index contributed by atoms with van der Waals surface area (Å²) >= 11 is 0. The summed E-state index contributed by atoms with van der Waals surface area (Å²) in [7, 11) is 0. The lowest BCUT2D eigenvalue weighted by Gasteiger charge is -2.21. The standard InChI is InChI=1S/C15H20FN3O3/c1-4-8(2)13(14(17)21)19-15(22)10-5-6-11(16)12(7-10)18-9(3)20/h5-8,13H,4H2,1-3H3,(H2,17,21)(H,18,20)(H,19,22). The molecule has 1 aromatic carbocycles. The average molecular weight is 309 g/mol. The van der Waals surface area contributed by atoms with Crippen LogP contribution in [0.5, 0.6) is 0 Å². The van der Waals surface area contributed by atoms with Gasteiger partial charge >= 0.3 is 0 Å². The molecule has 0 aliphatic heterocycles. The molecule has 3 amide bonds. The average Bonchev–Trinajstić information content (AvgIpc) is 2.45. The van der Waals surface area contributed by atoms with Gasteiger partial charge in [0.2, 0.25) is 11.8 Å². The number of hydrogen-bond acceptors (Lipinski definition) is 3. The lowest BCUT2D eigenvalue weighted by atomic mass is 9.98. The Morgan fingerprint density at radius 1 is 1.32 bits per heavy atom. The van der Waals surface area contributed by atoms with E-state index in [2.05, 4.69) is 10.6 Å². The Morgan fingerprint density at radius 2 is 1.95 bits per heavy atom. The van der Waals surface area contributed by atoms with Gasteiger partial charge in [-0.1, -0.05) is 20.3 Å². The zero-order chi connectivity index (χ0) is 16.9. The molecule has 0 aliphatic rings. The maximum Gasteiger partial charge on any atom is 0.252 e. The van der Waals surface area contributed by atoms with Crippen molar-refractivity contribution in [1.82, 2.24) is 5.32 Å². The molecule has 1 rings (SSSR count). The number of benzene rings is 1. The van der Waals surface area contributed by atoms with Crippen LogP contribution in [0.25, 0.3) is 0 Å². The summed E-state index contributed by atoms with van der Waals surface area (Å²) < 4.78 is 13.5. The van der Waals surface area contributed by atoms with Crippen LogP contribution in [-0.4, -0.2) is 23.8 Å². The molecule has 2 atom stereocenters. The minimum atomic E-state index is -0.813. The predicted octanol–water partition coefficient (Wildman–Crippen LogP) is 1.41. The van der Waals surface area contributed by atoms with E-state index in [4.69, 9.17) is 5.73 Å². The smallest absolute Gasteiger partial charge is 0.252 e. The Kier molecular flexibility index (Phi) is 6.03. The zero-order valence-electron chi connectivity index (χ0n) is 12.8. The normalized spacial score (nSPS) is 13.1. The molecule has 0 heterocycles. The summed E-state index contributed by atoms with van der Waals surface area (Å²) in [5.74, 6) is -2.43. The molecule has 0 aliphatic carbocycles. The van der Waals surface area contributed by atoms with Gasteiger partial charge < -0.3 is 16.4 Å². The van der Waals surface area contributed by atoms with E-state index in [-0.39, 0.29) is 17.2 Å². The Morgan fingerprint density at radius 3 is 2.45 bits per heavy atom. The number of carbonyl (C=O) groups is 3. The van der Waals surface area contributed by atoms with Gasteiger partial charge in [0.15, 0.2) is 0 Å². The largest absolute Gasteiger partial charge is 0.368 e. The molecular formula is C15H20FN3O3. The van der Waals surface area contributed by atoms with Gasteiger partial charge in [0, 0.05) is 12.5 Å². The van der Waals surface area contributed by atoms with E-state index in [1.165, 1.54) is 19.1 Å². The lowest BCUT2D eigenvalue weighted by molar-refractivity contribution is -0.121. The van der Waals surface area contributed by atoms with E-state index in [9.17, 15) is 18.8 Å². The first-order chi connectivity index (χ1) is 10.3. The summed E-state index contributed by atoms with van der Waals surface area (Å²) in [5, 5.41) is 4.83. The first-order valence-electron chi connectivity index (χ1n) is 6.93. The molecule has 22 heavy (non-hydrogen) atoms. The molecule has 6 nitrogen and oxygen atoms in total. The number of nitrogens with two attached hydrogens (primary N) is 1. The van der Waals surface area contributed by atoms with Crippen molar-refractivity contribution < 1.29 is 18.8 Å². The van der Waals surface area contributed by atoms with Crippen LogP contribution in [-0.2, 0) is 9.59 Å². The predicted molar refractivity (Wildman–Crippen MR) is 80.6 cm³/mol. The first kappa shape index (κ1) is 17.6. The maximum absolute atomic E-state index is 13.5. The van der Waals surface area contributed by atoms with E-state index in [1.807, 2.05) is 6.92 Å². The summed E-state index contributed by atoms with van der Waals surface area (Å²) in [4.78, 5) is 34.6. The molecule has 0 aromatic heterocycles. The van der Waals surface area contributed by atoms with Gasteiger partial charge in [0.1, 0.15) is 11.9 Å². The highest BCUT2D eigenvalue weighted by atomic mass is 19.1. The van der Waals surface area contributed by atoms with Crippen LogP contribution in [0.4, 0.5) is 10.1 Å². The fourth-order valence-electron chi connectivity index (χ4n) is 1.91. The Balaban J connectivity index is 2.97.